The molecular formula is C13H10N2O2S2. The fourth-order valence-electron chi connectivity index (χ4n) is 1.63. The first-order valence-corrected chi connectivity index (χ1v) is 7.20. The van der Waals surface area contributed by atoms with Gasteiger partial charge in [-0.2, -0.15) is 0 Å². The van der Waals surface area contributed by atoms with Crippen molar-refractivity contribution in [3.8, 4) is 0 Å². The number of hydrogen-bond donors (Lipinski definition) is 1. The van der Waals surface area contributed by atoms with E-state index in [1.165, 1.54) is 29.8 Å². The van der Waals surface area contributed by atoms with Crippen molar-refractivity contribution >= 4 is 49.0 Å². The largest absolute Gasteiger partial charge is 0.465 e. The quantitative estimate of drug-likeness (QED) is 0.744. The Bertz CT molecular complexity index is 687. The number of thiophene rings is 1. The lowest BCUT2D eigenvalue weighted by Crippen LogP contribution is -1.96. The van der Waals surface area contributed by atoms with Crippen LogP contribution in [0.5, 0.6) is 0 Å². The summed E-state index contributed by atoms with van der Waals surface area (Å²) in [5.41, 5.74) is 0.997. The summed E-state index contributed by atoms with van der Waals surface area (Å²) in [5.74, 6) is -0.312. The highest BCUT2D eigenvalue weighted by atomic mass is 32.1. The number of benzene rings is 1. The Kier molecular flexibility index (Phi) is 3.18. The van der Waals surface area contributed by atoms with Gasteiger partial charge in [0.15, 0.2) is 5.13 Å². The van der Waals surface area contributed by atoms with Crippen molar-refractivity contribution in [3.05, 3.63) is 41.3 Å². The third-order valence-corrected chi connectivity index (χ3v) is 4.56. The van der Waals surface area contributed by atoms with Crippen molar-refractivity contribution in [2.24, 2.45) is 0 Å². The number of carbonyl (C=O) groups is 1. The lowest BCUT2D eigenvalue weighted by molar-refractivity contribution is 0.0606. The number of nitrogens with zero attached hydrogens (tertiary/aromatic N) is 1. The zero-order valence-electron chi connectivity index (χ0n) is 10.0. The second kappa shape index (κ2) is 4.99. The number of nitrogens with one attached hydrogen (secondary N) is 1. The standard InChI is InChI=1S/C13H10N2O2S2/c1-17-12(16)10-7-9-11(18-10)15-13(19-9)14-8-5-3-2-4-6-8/h2-7H,1H3,(H,14,15). The predicted molar refractivity (Wildman–Crippen MR) is 78.6 cm³/mol. The first kappa shape index (κ1) is 12.1. The Morgan fingerprint density at radius 1 is 1.26 bits per heavy atom. The predicted octanol–water partition coefficient (Wildman–Crippen LogP) is 3.89. The maximum absolute atomic E-state index is 11.4. The number of esters is 1. The molecule has 1 N–H and O–H groups in total. The molecule has 3 aromatic rings. The second-order valence-electron chi connectivity index (χ2n) is 3.78. The molecule has 2 heterocycles. The Morgan fingerprint density at radius 2 is 2.05 bits per heavy atom. The summed E-state index contributed by atoms with van der Waals surface area (Å²) >= 11 is 2.87. The topological polar surface area (TPSA) is 51.2 Å². The molecule has 0 unspecified atom stereocenters. The molecule has 0 fully saturated rings. The fourth-order valence-corrected chi connectivity index (χ4v) is 3.69. The molecule has 0 aliphatic heterocycles. The van der Waals surface area contributed by atoms with Crippen LogP contribution in [0.4, 0.5) is 10.8 Å². The number of methoxy groups -OCH3 is 1. The maximum Gasteiger partial charge on any atom is 0.348 e. The minimum atomic E-state index is -0.312. The molecule has 0 saturated heterocycles. The molecule has 6 heteroatoms. The summed E-state index contributed by atoms with van der Waals surface area (Å²) in [5, 5.41) is 4.06. The van der Waals surface area contributed by atoms with Gasteiger partial charge in [0.2, 0.25) is 0 Å². The van der Waals surface area contributed by atoms with Crippen molar-refractivity contribution in [1.82, 2.24) is 4.98 Å². The lowest BCUT2D eigenvalue weighted by atomic mass is 10.3. The molecule has 2 aromatic heterocycles. The van der Waals surface area contributed by atoms with Crippen molar-refractivity contribution in [3.63, 3.8) is 0 Å². The van der Waals surface area contributed by atoms with Crippen LogP contribution in [0.2, 0.25) is 0 Å². The van der Waals surface area contributed by atoms with Gasteiger partial charge in [0.25, 0.3) is 0 Å². The molecule has 96 valence electrons. The molecule has 1 aromatic carbocycles. The van der Waals surface area contributed by atoms with Crippen LogP contribution in [-0.2, 0) is 4.74 Å². The average molecular weight is 290 g/mol. The zero-order chi connectivity index (χ0) is 13.2. The van der Waals surface area contributed by atoms with Gasteiger partial charge >= 0.3 is 5.97 Å². The van der Waals surface area contributed by atoms with Crippen molar-refractivity contribution < 1.29 is 9.53 Å². The zero-order valence-corrected chi connectivity index (χ0v) is 11.7. The summed E-state index contributed by atoms with van der Waals surface area (Å²) in [4.78, 5) is 17.3. The average Bonchev–Trinajstić information content (AvgIpc) is 2.97. The van der Waals surface area contributed by atoms with Gasteiger partial charge in [-0.3, -0.25) is 0 Å². The number of thiazole rings is 1. The number of anilines is 2. The molecule has 0 saturated carbocycles. The maximum atomic E-state index is 11.4. The molecule has 0 spiro atoms. The van der Waals surface area contributed by atoms with E-state index in [0.717, 1.165) is 20.3 Å². The number of rotatable bonds is 3. The second-order valence-corrected chi connectivity index (χ2v) is 5.84. The Morgan fingerprint density at radius 3 is 2.74 bits per heavy atom. The van der Waals surface area contributed by atoms with E-state index < -0.39 is 0 Å². The Balaban J connectivity index is 1.87. The van der Waals surface area contributed by atoms with Crippen LogP contribution in [0.25, 0.3) is 9.53 Å². The highest BCUT2D eigenvalue weighted by Gasteiger charge is 2.14. The molecule has 19 heavy (non-hydrogen) atoms. The fraction of sp³-hybridized carbons (Fsp3) is 0.0769. The molecule has 0 atom stereocenters. The summed E-state index contributed by atoms with van der Waals surface area (Å²) in [6.07, 6.45) is 0. The molecule has 4 nitrogen and oxygen atoms in total. The summed E-state index contributed by atoms with van der Waals surface area (Å²) in [7, 11) is 1.38. The molecule has 0 bridgehead atoms. The lowest BCUT2D eigenvalue weighted by Gasteiger charge is -2.00. The number of carbonyl (C=O) groups excluding carboxylic acids is 1. The Hall–Kier alpha value is -1.92. The number of ether oxygens (including phenoxy) is 1. The van der Waals surface area contributed by atoms with E-state index in [2.05, 4.69) is 10.3 Å². The van der Waals surface area contributed by atoms with Crippen LogP contribution < -0.4 is 5.32 Å². The van der Waals surface area contributed by atoms with Crippen molar-refractivity contribution in [1.29, 1.82) is 0 Å². The molecule has 0 amide bonds. The van der Waals surface area contributed by atoms with Crippen molar-refractivity contribution in [2.45, 2.75) is 0 Å². The first-order valence-electron chi connectivity index (χ1n) is 5.57. The van der Waals surface area contributed by atoms with E-state index in [1.807, 2.05) is 36.4 Å². The monoisotopic (exact) mass is 290 g/mol. The van der Waals surface area contributed by atoms with E-state index in [4.69, 9.17) is 4.74 Å². The minimum Gasteiger partial charge on any atom is -0.465 e. The number of hydrogen-bond acceptors (Lipinski definition) is 6. The van der Waals surface area contributed by atoms with E-state index >= 15 is 0 Å². The van der Waals surface area contributed by atoms with Gasteiger partial charge in [-0.05, 0) is 18.2 Å². The third kappa shape index (κ3) is 2.45. The third-order valence-electron chi connectivity index (χ3n) is 2.50. The number of para-hydroxylation sites is 1. The molecular weight excluding hydrogens is 280 g/mol. The molecule has 0 radical (unpaired) electrons. The van der Waals surface area contributed by atoms with E-state index in [-0.39, 0.29) is 5.97 Å². The highest BCUT2D eigenvalue weighted by Crippen LogP contribution is 2.34. The highest BCUT2D eigenvalue weighted by molar-refractivity contribution is 7.29. The van der Waals surface area contributed by atoms with Gasteiger partial charge in [0.1, 0.15) is 9.71 Å². The number of fused-ring (bicyclic) bond motifs is 1. The minimum absolute atomic E-state index is 0.312. The van der Waals surface area contributed by atoms with E-state index in [1.54, 1.807) is 0 Å². The molecule has 0 aliphatic rings. The van der Waals surface area contributed by atoms with E-state index in [9.17, 15) is 4.79 Å². The normalized spacial score (nSPS) is 10.6. The summed E-state index contributed by atoms with van der Waals surface area (Å²) < 4.78 is 5.68. The first-order chi connectivity index (χ1) is 9.26. The van der Waals surface area contributed by atoms with Crippen LogP contribution in [0.3, 0.4) is 0 Å². The van der Waals surface area contributed by atoms with Crippen LogP contribution in [0, 0.1) is 0 Å². The Labute approximate surface area is 117 Å². The van der Waals surface area contributed by atoms with Gasteiger partial charge in [-0.25, -0.2) is 9.78 Å². The summed E-state index contributed by atoms with van der Waals surface area (Å²) in [6, 6.07) is 11.7. The molecule has 0 aliphatic carbocycles. The smallest absolute Gasteiger partial charge is 0.348 e. The van der Waals surface area contributed by atoms with Gasteiger partial charge in [0.05, 0.1) is 11.8 Å². The van der Waals surface area contributed by atoms with E-state index in [0.29, 0.717) is 4.88 Å². The number of aromatic nitrogens is 1. The van der Waals surface area contributed by atoms with Gasteiger partial charge in [0, 0.05) is 5.69 Å². The van der Waals surface area contributed by atoms with Crippen LogP contribution in [-0.4, -0.2) is 18.1 Å². The van der Waals surface area contributed by atoms with Gasteiger partial charge in [-0.15, -0.1) is 11.3 Å². The van der Waals surface area contributed by atoms with Crippen molar-refractivity contribution in [2.75, 3.05) is 12.4 Å². The van der Waals surface area contributed by atoms with Gasteiger partial charge in [-0.1, -0.05) is 29.5 Å². The van der Waals surface area contributed by atoms with Gasteiger partial charge < -0.3 is 10.1 Å². The van der Waals surface area contributed by atoms with Crippen LogP contribution in [0.1, 0.15) is 9.67 Å². The van der Waals surface area contributed by atoms with Crippen LogP contribution in [0.15, 0.2) is 36.4 Å². The van der Waals surface area contributed by atoms with Crippen LogP contribution >= 0.6 is 22.7 Å². The molecule has 3 rings (SSSR count). The summed E-state index contributed by atoms with van der Waals surface area (Å²) in [6.45, 7) is 0. The SMILES string of the molecule is COC(=O)c1cc2sc(Nc3ccccc3)nc2s1.